The van der Waals surface area contributed by atoms with Gasteiger partial charge in [-0.05, 0) is 49.7 Å². The van der Waals surface area contributed by atoms with Crippen molar-refractivity contribution in [2.75, 3.05) is 11.4 Å². The van der Waals surface area contributed by atoms with E-state index >= 15 is 0 Å². The summed E-state index contributed by atoms with van der Waals surface area (Å²) in [6.45, 7) is 4.50. The number of nitrogens with zero attached hydrogens (tertiary/aromatic N) is 3. The zero-order chi connectivity index (χ0) is 18.3. The Morgan fingerprint density at radius 2 is 2.04 bits per heavy atom. The summed E-state index contributed by atoms with van der Waals surface area (Å²) in [5.41, 5.74) is 3.87. The number of carbonyl (C=O) groups excluding carboxylic acids is 1. The van der Waals surface area contributed by atoms with E-state index in [1.54, 1.807) is 11.0 Å². The molecule has 2 heterocycles. The second-order valence-electron chi connectivity index (χ2n) is 6.66. The van der Waals surface area contributed by atoms with E-state index in [2.05, 4.69) is 10.1 Å². The fourth-order valence-corrected chi connectivity index (χ4v) is 3.56. The quantitative estimate of drug-likeness (QED) is 0.682. The molecule has 5 nitrogen and oxygen atoms in total. The molecule has 1 saturated heterocycles. The van der Waals surface area contributed by atoms with Crippen LogP contribution >= 0.6 is 11.6 Å². The lowest BCUT2D eigenvalue weighted by Gasteiger charge is -2.18. The van der Waals surface area contributed by atoms with Gasteiger partial charge in [-0.15, -0.1) is 0 Å². The molecule has 1 aliphatic heterocycles. The van der Waals surface area contributed by atoms with Gasteiger partial charge in [0.2, 0.25) is 5.91 Å². The molecule has 0 spiro atoms. The zero-order valence-corrected chi connectivity index (χ0v) is 15.3. The van der Waals surface area contributed by atoms with Crippen molar-refractivity contribution in [3.63, 3.8) is 0 Å². The Balaban J connectivity index is 1.58. The van der Waals surface area contributed by atoms with Gasteiger partial charge in [-0.3, -0.25) is 4.79 Å². The lowest BCUT2D eigenvalue weighted by atomic mass is 10.1. The predicted octanol–water partition coefficient (Wildman–Crippen LogP) is 4.53. The third-order valence-corrected chi connectivity index (χ3v) is 4.88. The molecule has 1 aliphatic rings. The highest BCUT2D eigenvalue weighted by Crippen LogP contribution is 2.33. The molecular formula is C20H18ClN3O2. The SMILES string of the molecule is Cc1cccc(-c2nc(C3CC(=O)N(c4ccc(Cl)cc4C)C3)no2)c1. The van der Waals surface area contributed by atoms with Crippen molar-refractivity contribution in [2.24, 2.45) is 0 Å². The average Bonchev–Trinajstić information content (AvgIpc) is 3.22. The van der Waals surface area contributed by atoms with E-state index in [1.165, 1.54) is 0 Å². The van der Waals surface area contributed by atoms with E-state index in [4.69, 9.17) is 16.1 Å². The van der Waals surface area contributed by atoms with Gasteiger partial charge in [0.15, 0.2) is 5.82 Å². The van der Waals surface area contributed by atoms with E-state index in [0.29, 0.717) is 29.7 Å². The standard InChI is InChI=1S/C20H18ClN3O2/c1-12-4-3-5-14(8-12)20-22-19(23-26-20)15-10-18(25)24(11-15)17-7-6-16(21)9-13(17)2/h3-9,15H,10-11H2,1-2H3. The van der Waals surface area contributed by atoms with Crippen LogP contribution in [0.3, 0.4) is 0 Å². The molecule has 132 valence electrons. The first-order valence-corrected chi connectivity index (χ1v) is 8.86. The number of aryl methyl sites for hydroxylation is 2. The molecule has 1 atom stereocenters. The predicted molar refractivity (Wildman–Crippen MR) is 100 cm³/mol. The Morgan fingerprint density at radius 1 is 1.19 bits per heavy atom. The van der Waals surface area contributed by atoms with Crippen LogP contribution in [0, 0.1) is 13.8 Å². The monoisotopic (exact) mass is 367 g/mol. The fourth-order valence-electron chi connectivity index (χ4n) is 3.33. The molecule has 26 heavy (non-hydrogen) atoms. The van der Waals surface area contributed by atoms with Gasteiger partial charge in [0, 0.05) is 35.2 Å². The van der Waals surface area contributed by atoms with E-state index in [1.807, 2.05) is 50.2 Å². The maximum Gasteiger partial charge on any atom is 0.257 e. The molecule has 4 rings (SSSR count). The summed E-state index contributed by atoms with van der Waals surface area (Å²) < 4.78 is 5.43. The molecule has 0 radical (unpaired) electrons. The topological polar surface area (TPSA) is 59.2 Å². The average molecular weight is 368 g/mol. The van der Waals surface area contributed by atoms with E-state index in [0.717, 1.165) is 22.4 Å². The van der Waals surface area contributed by atoms with Crippen LogP contribution in [0.1, 0.15) is 29.3 Å². The Kier molecular flexibility index (Phi) is 4.24. The van der Waals surface area contributed by atoms with Crippen LogP contribution in [0.5, 0.6) is 0 Å². The molecule has 0 N–H and O–H groups in total. The lowest BCUT2D eigenvalue weighted by Crippen LogP contribution is -2.25. The number of benzene rings is 2. The summed E-state index contributed by atoms with van der Waals surface area (Å²) in [4.78, 5) is 18.8. The van der Waals surface area contributed by atoms with E-state index in [-0.39, 0.29) is 11.8 Å². The van der Waals surface area contributed by atoms with Gasteiger partial charge in [-0.25, -0.2) is 0 Å². The van der Waals surface area contributed by atoms with Crippen LogP contribution in [-0.2, 0) is 4.79 Å². The number of amides is 1. The van der Waals surface area contributed by atoms with E-state index in [9.17, 15) is 4.79 Å². The second kappa shape index (κ2) is 6.57. The minimum Gasteiger partial charge on any atom is -0.334 e. The lowest BCUT2D eigenvalue weighted by molar-refractivity contribution is -0.117. The van der Waals surface area contributed by atoms with Crippen molar-refractivity contribution < 1.29 is 9.32 Å². The molecule has 0 aliphatic carbocycles. The third kappa shape index (κ3) is 3.10. The number of anilines is 1. The summed E-state index contributed by atoms with van der Waals surface area (Å²) in [6, 6.07) is 13.5. The minimum atomic E-state index is -0.0834. The summed E-state index contributed by atoms with van der Waals surface area (Å²) in [6.07, 6.45) is 0.370. The Morgan fingerprint density at radius 3 is 2.81 bits per heavy atom. The number of hydrogen-bond acceptors (Lipinski definition) is 4. The Hall–Kier alpha value is -2.66. The molecule has 1 fully saturated rings. The van der Waals surface area contributed by atoms with Crippen LogP contribution in [-0.4, -0.2) is 22.6 Å². The molecule has 1 aromatic heterocycles. The molecule has 2 aromatic carbocycles. The highest BCUT2D eigenvalue weighted by Gasteiger charge is 2.35. The van der Waals surface area contributed by atoms with Crippen molar-refractivity contribution in [2.45, 2.75) is 26.2 Å². The molecular weight excluding hydrogens is 350 g/mol. The highest BCUT2D eigenvalue weighted by molar-refractivity contribution is 6.30. The maximum atomic E-state index is 12.5. The van der Waals surface area contributed by atoms with Gasteiger partial charge >= 0.3 is 0 Å². The number of halogens is 1. The first-order valence-electron chi connectivity index (χ1n) is 8.48. The first-order chi connectivity index (χ1) is 12.5. The third-order valence-electron chi connectivity index (χ3n) is 4.65. The van der Waals surface area contributed by atoms with Crippen molar-refractivity contribution in [3.8, 4) is 11.5 Å². The number of hydrogen-bond donors (Lipinski definition) is 0. The normalized spacial score (nSPS) is 17.1. The van der Waals surface area contributed by atoms with Crippen LogP contribution in [0.25, 0.3) is 11.5 Å². The first kappa shape index (κ1) is 16.8. The van der Waals surface area contributed by atoms with Gasteiger partial charge in [0.25, 0.3) is 5.89 Å². The number of carbonyl (C=O) groups is 1. The molecule has 0 bridgehead atoms. The zero-order valence-electron chi connectivity index (χ0n) is 14.6. The van der Waals surface area contributed by atoms with Crippen LogP contribution in [0.2, 0.25) is 5.02 Å². The molecule has 1 unspecified atom stereocenters. The molecule has 1 amide bonds. The molecule has 6 heteroatoms. The van der Waals surface area contributed by atoms with Gasteiger partial charge in [-0.1, -0.05) is 34.5 Å². The largest absolute Gasteiger partial charge is 0.334 e. The fraction of sp³-hybridized carbons (Fsp3) is 0.250. The molecule has 0 saturated carbocycles. The van der Waals surface area contributed by atoms with Gasteiger partial charge in [-0.2, -0.15) is 4.98 Å². The smallest absolute Gasteiger partial charge is 0.257 e. The second-order valence-corrected chi connectivity index (χ2v) is 7.10. The van der Waals surface area contributed by atoms with Crippen LogP contribution in [0.15, 0.2) is 47.0 Å². The number of rotatable bonds is 3. The van der Waals surface area contributed by atoms with E-state index < -0.39 is 0 Å². The summed E-state index contributed by atoms with van der Waals surface area (Å²) in [5.74, 6) is 1.03. The number of aromatic nitrogens is 2. The van der Waals surface area contributed by atoms with Crippen molar-refractivity contribution in [1.29, 1.82) is 0 Å². The summed E-state index contributed by atoms with van der Waals surface area (Å²) in [7, 11) is 0. The summed E-state index contributed by atoms with van der Waals surface area (Å²) >= 11 is 6.02. The van der Waals surface area contributed by atoms with Gasteiger partial charge in [0.05, 0.1) is 0 Å². The van der Waals surface area contributed by atoms with Crippen LogP contribution < -0.4 is 4.90 Å². The minimum absolute atomic E-state index is 0.0577. The van der Waals surface area contributed by atoms with Crippen molar-refractivity contribution >= 4 is 23.2 Å². The highest BCUT2D eigenvalue weighted by atomic mass is 35.5. The van der Waals surface area contributed by atoms with Crippen LogP contribution in [0.4, 0.5) is 5.69 Å². The van der Waals surface area contributed by atoms with Crippen molar-refractivity contribution in [1.82, 2.24) is 10.1 Å². The van der Waals surface area contributed by atoms with Gasteiger partial charge < -0.3 is 9.42 Å². The van der Waals surface area contributed by atoms with Gasteiger partial charge in [0.1, 0.15) is 0 Å². The molecule has 3 aromatic rings. The summed E-state index contributed by atoms with van der Waals surface area (Å²) in [5, 5.41) is 4.78. The maximum absolute atomic E-state index is 12.5. The van der Waals surface area contributed by atoms with Crippen molar-refractivity contribution in [3.05, 3.63) is 64.4 Å². The Bertz CT molecular complexity index is 983. The Labute approximate surface area is 156 Å².